The Balaban J connectivity index is 1.41. The Bertz CT molecular complexity index is 892. The van der Waals surface area contributed by atoms with Crippen LogP contribution in [0.25, 0.3) is 11.4 Å². The van der Waals surface area contributed by atoms with Crippen molar-refractivity contribution in [1.82, 2.24) is 25.2 Å². The Labute approximate surface area is 149 Å². The molecule has 0 spiro atoms. The molecule has 4 rings (SSSR count). The highest BCUT2D eigenvalue weighted by Gasteiger charge is 2.29. The average Bonchev–Trinajstić information content (AvgIpc) is 3.25. The Kier molecular flexibility index (Phi) is 4.01. The van der Waals surface area contributed by atoms with E-state index in [4.69, 9.17) is 16.1 Å². The molecule has 1 aliphatic rings. The van der Waals surface area contributed by atoms with Gasteiger partial charge in [0.1, 0.15) is 5.69 Å². The first-order valence-electron chi connectivity index (χ1n) is 8.00. The maximum Gasteiger partial charge on any atom is 0.271 e. The standard InChI is InChI=1S/C17H16ClN5O2/c1-23-14(13(18)9-20-23)16(24)19-8-10-2-4-11(5-3-10)15-21-17(25-22-15)12-6-7-12/h2-5,9,12H,6-8H2,1H3,(H,19,24). The fraction of sp³-hybridized carbons (Fsp3) is 0.294. The summed E-state index contributed by atoms with van der Waals surface area (Å²) in [5.74, 6) is 1.49. The fourth-order valence-electron chi connectivity index (χ4n) is 2.55. The van der Waals surface area contributed by atoms with Gasteiger partial charge >= 0.3 is 0 Å². The lowest BCUT2D eigenvalue weighted by Gasteiger charge is -2.06. The van der Waals surface area contributed by atoms with Crippen molar-refractivity contribution in [3.05, 3.63) is 52.6 Å². The molecule has 2 heterocycles. The number of rotatable bonds is 5. The maximum atomic E-state index is 12.2. The number of nitrogens with one attached hydrogen (secondary N) is 1. The van der Waals surface area contributed by atoms with E-state index >= 15 is 0 Å². The van der Waals surface area contributed by atoms with Crippen LogP contribution in [-0.4, -0.2) is 25.8 Å². The molecule has 3 aromatic rings. The number of halogens is 1. The van der Waals surface area contributed by atoms with E-state index in [0.29, 0.717) is 29.0 Å². The first-order valence-corrected chi connectivity index (χ1v) is 8.38. The van der Waals surface area contributed by atoms with Gasteiger partial charge in [0.15, 0.2) is 0 Å². The largest absolute Gasteiger partial charge is 0.347 e. The third kappa shape index (κ3) is 3.28. The van der Waals surface area contributed by atoms with E-state index in [1.54, 1.807) is 7.05 Å². The molecule has 1 saturated carbocycles. The van der Waals surface area contributed by atoms with Gasteiger partial charge in [-0.05, 0) is 18.4 Å². The summed E-state index contributed by atoms with van der Waals surface area (Å²) < 4.78 is 6.73. The van der Waals surface area contributed by atoms with Crippen LogP contribution in [0.2, 0.25) is 5.02 Å². The molecule has 2 aromatic heterocycles. The number of amides is 1. The van der Waals surface area contributed by atoms with Gasteiger partial charge in [0.2, 0.25) is 11.7 Å². The average molecular weight is 358 g/mol. The van der Waals surface area contributed by atoms with Crippen LogP contribution in [-0.2, 0) is 13.6 Å². The van der Waals surface area contributed by atoms with Gasteiger partial charge in [-0.2, -0.15) is 10.1 Å². The summed E-state index contributed by atoms with van der Waals surface area (Å²) in [7, 11) is 1.68. The molecule has 0 unspecified atom stereocenters. The number of aryl methyl sites for hydroxylation is 1. The Morgan fingerprint density at radius 2 is 2.12 bits per heavy atom. The fourth-order valence-corrected chi connectivity index (χ4v) is 2.80. The molecule has 0 atom stereocenters. The molecule has 1 aliphatic carbocycles. The first-order chi connectivity index (χ1) is 12.1. The lowest BCUT2D eigenvalue weighted by molar-refractivity contribution is 0.0941. The summed E-state index contributed by atoms with van der Waals surface area (Å²) >= 11 is 5.97. The number of nitrogens with zero attached hydrogens (tertiary/aromatic N) is 4. The molecular formula is C17H16ClN5O2. The molecule has 128 valence electrons. The highest BCUT2D eigenvalue weighted by molar-refractivity contribution is 6.33. The van der Waals surface area contributed by atoms with Gasteiger partial charge in [-0.1, -0.05) is 41.0 Å². The minimum absolute atomic E-state index is 0.263. The van der Waals surface area contributed by atoms with E-state index < -0.39 is 0 Å². The zero-order valence-electron chi connectivity index (χ0n) is 13.6. The third-order valence-electron chi connectivity index (χ3n) is 4.14. The molecule has 1 amide bonds. The number of carbonyl (C=O) groups is 1. The summed E-state index contributed by atoms with van der Waals surface area (Å²) in [5.41, 5.74) is 2.19. The van der Waals surface area contributed by atoms with E-state index in [-0.39, 0.29) is 5.91 Å². The van der Waals surface area contributed by atoms with E-state index in [0.717, 1.165) is 29.9 Å². The van der Waals surface area contributed by atoms with E-state index in [1.165, 1.54) is 10.9 Å². The molecule has 8 heteroatoms. The van der Waals surface area contributed by atoms with Crippen molar-refractivity contribution in [3.8, 4) is 11.4 Å². The van der Waals surface area contributed by atoms with E-state index in [1.807, 2.05) is 24.3 Å². The third-order valence-corrected chi connectivity index (χ3v) is 4.42. The zero-order chi connectivity index (χ0) is 17.4. The van der Waals surface area contributed by atoms with Crippen molar-refractivity contribution in [3.63, 3.8) is 0 Å². The molecule has 0 radical (unpaired) electrons. The topological polar surface area (TPSA) is 85.8 Å². The van der Waals surface area contributed by atoms with Crippen LogP contribution in [0.3, 0.4) is 0 Å². The van der Waals surface area contributed by atoms with Crippen LogP contribution in [0, 0.1) is 0 Å². The quantitative estimate of drug-likeness (QED) is 0.758. The van der Waals surface area contributed by atoms with Crippen molar-refractivity contribution in [1.29, 1.82) is 0 Å². The SMILES string of the molecule is Cn1ncc(Cl)c1C(=O)NCc1ccc(-c2noc(C3CC3)n2)cc1. The van der Waals surface area contributed by atoms with Gasteiger partial charge in [-0.3, -0.25) is 9.48 Å². The molecule has 25 heavy (non-hydrogen) atoms. The van der Waals surface area contributed by atoms with Gasteiger partial charge in [0, 0.05) is 25.1 Å². The number of hydrogen-bond acceptors (Lipinski definition) is 5. The van der Waals surface area contributed by atoms with Gasteiger partial charge in [0.05, 0.1) is 11.2 Å². The molecule has 0 saturated heterocycles. The van der Waals surface area contributed by atoms with Gasteiger partial charge in [-0.25, -0.2) is 0 Å². The van der Waals surface area contributed by atoms with Crippen molar-refractivity contribution in [2.75, 3.05) is 0 Å². The molecule has 1 aromatic carbocycles. The van der Waals surface area contributed by atoms with Crippen LogP contribution >= 0.6 is 11.6 Å². The normalized spacial score (nSPS) is 13.8. The van der Waals surface area contributed by atoms with Crippen LogP contribution in [0.5, 0.6) is 0 Å². The number of aromatic nitrogens is 4. The predicted molar refractivity (Wildman–Crippen MR) is 91.1 cm³/mol. The molecule has 1 fully saturated rings. The van der Waals surface area contributed by atoms with E-state index in [9.17, 15) is 4.79 Å². The Morgan fingerprint density at radius 3 is 2.76 bits per heavy atom. The second kappa shape index (κ2) is 6.33. The van der Waals surface area contributed by atoms with Gasteiger partial charge < -0.3 is 9.84 Å². The molecular weight excluding hydrogens is 342 g/mol. The molecule has 0 aliphatic heterocycles. The zero-order valence-corrected chi connectivity index (χ0v) is 14.3. The van der Waals surface area contributed by atoms with Crippen LogP contribution in [0.1, 0.15) is 40.7 Å². The van der Waals surface area contributed by atoms with Crippen molar-refractivity contribution in [2.24, 2.45) is 7.05 Å². The second-order valence-electron chi connectivity index (χ2n) is 6.07. The maximum absolute atomic E-state index is 12.2. The molecule has 0 bridgehead atoms. The molecule has 1 N–H and O–H groups in total. The van der Waals surface area contributed by atoms with Crippen LogP contribution in [0.4, 0.5) is 0 Å². The lowest BCUT2D eigenvalue weighted by Crippen LogP contribution is -2.25. The van der Waals surface area contributed by atoms with Crippen molar-refractivity contribution < 1.29 is 9.32 Å². The first kappa shape index (κ1) is 15.8. The summed E-state index contributed by atoms with van der Waals surface area (Å²) in [6, 6.07) is 7.68. The summed E-state index contributed by atoms with van der Waals surface area (Å²) in [4.78, 5) is 16.6. The number of benzene rings is 1. The second-order valence-corrected chi connectivity index (χ2v) is 6.48. The smallest absolute Gasteiger partial charge is 0.271 e. The summed E-state index contributed by atoms with van der Waals surface area (Å²) in [6.45, 7) is 0.389. The Morgan fingerprint density at radius 1 is 1.36 bits per heavy atom. The van der Waals surface area contributed by atoms with Crippen LogP contribution < -0.4 is 5.32 Å². The minimum Gasteiger partial charge on any atom is -0.347 e. The molecule has 7 nitrogen and oxygen atoms in total. The highest BCUT2D eigenvalue weighted by Crippen LogP contribution is 2.39. The summed E-state index contributed by atoms with van der Waals surface area (Å²) in [6.07, 6.45) is 3.70. The minimum atomic E-state index is -0.263. The number of hydrogen-bond donors (Lipinski definition) is 1. The van der Waals surface area contributed by atoms with Crippen molar-refractivity contribution in [2.45, 2.75) is 25.3 Å². The predicted octanol–water partition coefficient (Wildman–Crippen LogP) is 2.93. The van der Waals surface area contributed by atoms with Gasteiger partial charge in [-0.15, -0.1) is 0 Å². The Hall–Kier alpha value is -2.67. The van der Waals surface area contributed by atoms with Crippen molar-refractivity contribution >= 4 is 17.5 Å². The highest BCUT2D eigenvalue weighted by atomic mass is 35.5. The van der Waals surface area contributed by atoms with Gasteiger partial charge in [0.25, 0.3) is 5.91 Å². The van der Waals surface area contributed by atoms with E-state index in [2.05, 4.69) is 20.6 Å². The monoisotopic (exact) mass is 357 g/mol. The summed E-state index contributed by atoms with van der Waals surface area (Å²) in [5, 5.41) is 11.1. The number of carbonyl (C=O) groups excluding carboxylic acids is 1. The lowest BCUT2D eigenvalue weighted by atomic mass is 10.1. The van der Waals surface area contributed by atoms with Crippen LogP contribution in [0.15, 0.2) is 35.0 Å².